The molecule has 0 aliphatic carbocycles. The van der Waals surface area contributed by atoms with Gasteiger partial charge < -0.3 is 19.5 Å². The normalized spacial score (nSPS) is 16.0. The monoisotopic (exact) mass is 695 g/mol. The van der Waals surface area contributed by atoms with E-state index in [4.69, 9.17) is 14.2 Å². The molecule has 2 unspecified atom stereocenters. The largest absolute Gasteiger partial charge is 0.489 e. The molecule has 48 heavy (non-hydrogen) atoms. The molecule has 2 atom stereocenters. The number of nitrogens with zero attached hydrogens (tertiary/aromatic N) is 1. The number of carbonyl (C=O) groups is 5. The van der Waals surface area contributed by atoms with Gasteiger partial charge in [-0.2, -0.15) is 0 Å². The van der Waals surface area contributed by atoms with E-state index in [0.29, 0.717) is 17.7 Å². The molecular weight excluding hydrogens is 642 g/mol. The van der Waals surface area contributed by atoms with Crippen molar-refractivity contribution in [3.8, 4) is 5.75 Å². The van der Waals surface area contributed by atoms with E-state index < -0.39 is 68.9 Å². The lowest BCUT2D eigenvalue weighted by Crippen LogP contribution is -2.55. The molecule has 13 nitrogen and oxygen atoms in total. The molecule has 0 radical (unpaired) electrons. The van der Waals surface area contributed by atoms with Crippen molar-refractivity contribution in [3.63, 3.8) is 0 Å². The second-order valence-corrected chi connectivity index (χ2v) is 15.8. The SMILES string of the molecule is CCCCCCC(CNS(=O)(=O)CCCC)OC(=O)c1ccc(NC(=O)C(C(=O)C(C)(C)C)N2C(=O)OC(C)(C)C2=O)c(OC(C)C)c1. The molecule has 0 aromatic heterocycles. The van der Waals surface area contributed by atoms with Gasteiger partial charge in [-0.05, 0) is 65.2 Å². The number of ether oxygens (including phenoxy) is 3. The number of hydrogen-bond donors (Lipinski definition) is 2. The zero-order valence-corrected chi connectivity index (χ0v) is 30.6. The van der Waals surface area contributed by atoms with Crippen LogP contribution in [0.2, 0.25) is 0 Å². The molecule has 1 fully saturated rings. The van der Waals surface area contributed by atoms with Crippen LogP contribution in [0.25, 0.3) is 0 Å². The number of ketones is 1. The number of rotatable bonds is 19. The molecular formula is C34H53N3O10S. The Morgan fingerprint density at radius 3 is 2.19 bits per heavy atom. The van der Waals surface area contributed by atoms with Crippen molar-refractivity contribution in [2.24, 2.45) is 5.41 Å². The van der Waals surface area contributed by atoms with Gasteiger partial charge in [0.1, 0.15) is 11.9 Å². The fraction of sp³-hybridized carbons (Fsp3) is 0.676. The van der Waals surface area contributed by atoms with Gasteiger partial charge in [-0.1, -0.05) is 60.3 Å². The Morgan fingerprint density at radius 1 is 1.00 bits per heavy atom. The topological polar surface area (TPSA) is 174 Å². The van der Waals surface area contributed by atoms with Crippen molar-refractivity contribution in [1.29, 1.82) is 0 Å². The minimum atomic E-state index is -3.53. The van der Waals surface area contributed by atoms with Crippen molar-refractivity contribution >= 4 is 45.4 Å². The third-order valence-electron chi connectivity index (χ3n) is 7.56. The zero-order chi connectivity index (χ0) is 36.4. The fourth-order valence-electron chi connectivity index (χ4n) is 4.82. The second kappa shape index (κ2) is 17.2. The number of nitrogens with one attached hydrogen (secondary N) is 2. The van der Waals surface area contributed by atoms with E-state index >= 15 is 0 Å². The molecule has 1 aliphatic heterocycles. The lowest BCUT2D eigenvalue weighted by molar-refractivity contribution is -0.145. The summed E-state index contributed by atoms with van der Waals surface area (Å²) < 4.78 is 44.2. The Labute approximate surface area is 284 Å². The molecule has 1 heterocycles. The highest BCUT2D eigenvalue weighted by Gasteiger charge is 2.55. The van der Waals surface area contributed by atoms with Gasteiger partial charge in [0.2, 0.25) is 10.0 Å². The maximum atomic E-state index is 13.7. The first-order chi connectivity index (χ1) is 22.2. The lowest BCUT2D eigenvalue weighted by Gasteiger charge is -2.28. The summed E-state index contributed by atoms with van der Waals surface area (Å²) in [5.41, 5.74) is -2.52. The molecule has 0 bridgehead atoms. The van der Waals surface area contributed by atoms with Gasteiger partial charge in [0, 0.05) is 12.0 Å². The number of carbonyl (C=O) groups excluding carboxylic acids is 5. The van der Waals surface area contributed by atoms with Crippen LogP contribution in [-0.2, 0) is 33.9 Å². The quantitative estimate of drug-likeness (QED) is 0.109. The minimum Gasteiger partial charge on any atom is -0.489 e. The summed E-state index contributed by atoms with van der Waals surface area (Å²) in [4.78, 5) is 66.9. The number of unbranched alkanes of at least 4 members (excludes halogenated alkanes) is 4. The summed E-state index contributed by atoms with van der Waals surface area (Å²) in [7, 11) is -3.53. The number of Topliss-reactive ketones (excluding diaryl/α,β-unsaturated/α-hetero) is 1. The Bertz CT molecular complexity index is 1430. The molecule has 2 rings (SSSR count). The Hall–Kier alpha value is -3.52. The minimum absolute atomic E-state index is 0.0177. The molecule has 0 spiro atoms. The first-order valence-corrected chi connectivity index (χ1v) is 18.3. The molecule has 1 aromatic rings. The highest BCUT2D eigenvalue weighted by molar-refractivity contribution is 7.89. The summed E-state index contributed by atoms with van der Waals surface area (Å²) in [5.74, 6) is -3.16. The molecule has 1 aromatic carbocycles. The van der Waals surface area contributed by atoms with Gasteiger partial charge in [0.05, 0.1) is 23.1 Å². The van der Waals surface area contributed by atoms with Crippen molar-refractivity contribution in [1.82, 2.24) is 9.62 Å². The third-order valence-corrected chi connectivity index (χ3v) is 8.99. The van der Waals surface area contributed by atoms with Crippen molar-refractivity contribution in [3.05, 3.63) is 23.8 Å². The molecule has 1 saturated heterocycles. The molecule has 270 valence electrons. The Kier molecular flexibility index (Phi) is 14.6. The summed E-state index contributed by atoms with van der Waals surface area (Å²) in [6.45, 7) is 14.8. The number of benzene rings is 1. The van der Waals surface area contributed by atoms with E-state index in [1.54, 1.807) is 34.6 Å². The number of amides is 3. The summed E-state index contributed by atoms with van der Waals surface area (Å²) in [6.07, 6.45) is 3.13. The number of hydrogen-bond acceptors (Lipinski definition) is 10. The van der Waals surface area contributed by atoms with Gasteiger partial charge >= 0.3 is 12.1 Å². The highest BCUT2D eigenvalue weighted by atomic mass is 32.2. The van der Waals surface area contributed by atoms with Gasteiger partial charge in [-0.15, -0.1) is 0 Å². The Morgan fingerprint density at radius 2 is 1.65 bits per heavy atom. The van der Waals surface area contributed by atoms with E-state index in [1.165, 1.54) is 32.0 Å². The average molecular weight is 696 g/mol. The fourth-order valence-corrected chi connectivity index (χ4v) is 6.08. The highest BCUT2D eigenvalue weighted by Crippen LogP contribution is 2.32. The average Bonchev–Trinajstić information content (AvgIpc) is 3.18. The molecule has 1 aliphatic rings. The number of cyclic esters (lactones) is 1. The Balaban J connectivity index is 2.38. The summed E-state index contributed by atoms with van der Waals surface area (Å²) in [5, 5.41) is 2.60. The van der Waals surface area contributed by atoms with Crippen LogP contribution in [0.15, 0.2) is 18.2 Å². The van der Waals surface area contributed by atoms with Gasteiger partial charge in [0.25, 0.3) is 11.8 Å². The van der Waals surface area contributed by atoms with Crippen molar-refractivity contribution < 1.29 is 46.6 Å². The smallest absolute Gasteiger partial charge is 0.418 e. The van der Waals surface area contributed by atoms with Crippen molar-refractivity contribution in [2.75, 3.05) is 17.6 Å². The van der Waals surface area contributed by atoms with Gasteiger partial charge in [-0.25, -0.2) is 27.6 Å². The number of sulfonamides is 1. The predicted molar refractivity (Wildman–Crippen MR) is 181 cm³/mol. The van der Waals surface area contributed by atoms with Crippen molar-refractivity contribution in [2.45, 2.75) is 131 Å². The third kappa shape index (κ3) is 11.6. The first-order valence-electron chi connectivity index (χ1n) is 16.6. The lowest BCUT2D eigenvalue weighted by atomic mass is 9.85. The van der Waals surface area contributed by atoms with Crippen LogP contribution in [0.1, 0.15) is 118 Å². The maximum absolute atomic E-state index is 13.7. The van der Waals surface area contributed by atoms with E-state index in [1.807, 2.05) is 6.92 Å². The van der Waals surface area contributed by atoms with Gasteiger partial charge in [0.15, 0.2) is 17.4 Å². The second-order valence-electron chi connectivity index (χ2n) is 13.8. The summed E-state index contributed by atoms with van der Waals surface area (Å²) in [6, 6.07) is 2.32. The zero-order valence-electron chi connectivity index (χ0n) is 29.8. The number of imide groups is 1. The van der Waals surface area contributed by atoms with E-state index in [9.17, 15) is 32.4 Å². The van der Waals surface area contributed by atoms with Crippen LogP contribution in [0.4, 0.5) is 10.5 Å². The van der Waals surface area contributed by atoms with E-state index in [2.05, 4.69) is 17.0 Å². The van der Waals surface area contributed by atoms with Crippen LogP contribution in [0.3, 0.4) is 0 Å². The van der Waals surface area contributed by atoms with E-state index in [-0.39, 0.29) is 29.3 Å². The molecule has 2 N–H and O–H groups in total. The van der Waals surface area contributed by atoms with Crippen LogP contribution in [0, 0.1) is 5.41 Å². The van der Waals surface area contributed by atoms with Crippen LogP contribution < -0.4 is 14.8 Å². The number of anilines is 1. The van der Waals surface area contributed by atoms with Crippen LogP contribution >= 0.6 is 0 Å². The first kappa shape index (κ1) is 40.7. The summed E-state index contributed by atoms with van der Waals surface area (Å²) >= 11 is 0. The van der Waals surface area contributed by atoms with Crippen LogP contribution in [0.5, 0.6) is 5.75 Å². The van der Waals surface area contributed by atoms with E-state index in [0.717, 1.165) is 32.1 Å². The molecule has 0 saturated carbocycles. The number of esters is 1. The molecule has 3 amide bonds. The molecule has 14 heteroatoms. The predicted octanol–water partition coefficient (Wildman–Crippen LogP) is 5.37. The maximum Gasteiger partial charge on any atom is 0.418 e. The van der Waals surface area contributed by atoms with Gasteiger partial charge in [-0.3, -0.25) is 14.4 Å². The standard InChI is InChI=1S/C34H53N3O10S/c1-10-12-14-15-16-24(21-35-48(43,44)19-13-11-2)46-30(40)23-17-18-25(26(20-23)45-22(3)4)36-29(39)27(28(38)33(5,6)7)37-31(41)34(8,9)47-32(37)42/h17-18,20,22,24,27,35H,10-16,19,21H2,1-9H3,(H,36,39). The van der Waals surface area contributed by atoms with Crippen LogP contribution in [-0.4, -0.2) is 79.1 Å².